The molecule has 1 rings (SSSR count). The van der Waals surface area contributed by atoms with E-state index in [4.69, 9.17) is 23.2 Å². The molecule has 0 spiro atoms. The highest BCUT2D eigenvalue weighted by molar-refractivity contribution is 6.35. The Hall–Kier alpha value is -1.01. The van der Waals surface area contributed by atoms with Crippen LogP contribution in [0.5, 0.6) is 0 Å². The second-order valence-corrected chi connectivity index (χ2v) is 5.30. The van der Waals surface area contributed by atoms with Crippen molar-refractivity contribution in [2.75, 3.05) is 6.54 Å². The molecule has 1 aromatic heterocycles. The number of hydrogen-bond donors (Lipinski definition) is 0. The summed E-state index contributed by atoms with van der Waals surface area (Å²) in [4.78, 5) is 16.9. The summed E-state index contributed by atoms with van der Waals surface area (Å²) in [5.74, 6) is -0.796. The van der Waals surface area contributed by atoms with E-state index in [0.717, 1.165) is 11.1 Å². The van der Waals surface area contributed by atoms with Gasteiger partial charge in [-0.05, 0) is 18.9 Å². The molecule has 8 heteroatoms. The van der Waals surface area contributed by atoms with Crippen molar-refractivity contribution < 1.29 is 18.0 Å². The second kappa shape index (κ2) is 7.31. The Labute approximate surface area is 131 Å². The fraction of sp³-hybridized carbons (Fsp3) is 0.538. The summed E-state index contributed by atoms with van der Waals surface area (Å²) in [6.07, 6.45) is -2.51. The fourth-order valence-corrected chi connectivity index (χ4v) is 2.36. The van der Waals surface area contributed by atoms with Crippen molar-refractivity contribution in [3.63, 3.8) is 0 Å². The molecule has 0 bridgehead atoms. The third-order valence-corrected chi connectivity index (χ3v) is 3.55. The van der Waals surface area contributed by atoms with Gasteiger partial charge in [0.2, 0.25) is 0 Å². The van der Waals surface area contributed by atoms with Gasteiger partial charge >= 0.3 is 6.18 Å². The van der Waals surface area contributed by atoms with Crippen molar-refractivity contribution in [2.24, 2.45) is 0 Å². The number of alkyl halides is 3. The molecular formula is C13H15Cl2F3N2O. The molecule has 0 saturated heterocycles. The Bertz CT molecular complexity index is 505. The van der Waals surface area contributed by atoms with Gasteiger partial charge in [0.1, 0.15) is 11.7 Å². The van der Waals surface area contributed by atoms with E-state index in [1.54, 1.807) is 13.8 Å². The van der Waals surface area contributed by atoms with Crippen molar-refractivity contribution in [1.29, 1.82) is 0 Å². The van der Waals surface area contributed by atoms with Gasteiger partial charge in [-0.1, -0.05) is 37.0 Å². The van der Waals surface area contributed by atoms with E-state index in [2.05, 4.69) is 4.98 Å². The lowest BCUT2D eigenvalue weighted by Gasteiger charge is -2.31. The van der Waals surface area contributed by atoms with Crippen LogP contribution in [0.2, 0.25) is 10.2 Å². The number of nitrogens with zero attached hydrogens (tertiary/aromatic N) is 2. The van der Waals surface area contributed by atoms with Crippen LogP contribution in [-0.4, -0.2) is 34.6 Å². The van der Waals surface area contributed by atoms with Gasteiger partial charge in [-0.25, -0.2) is 4.98 Å². The fourth-order valence-electron chi connectivity index (χ4n) is 2.02. The molecule has 3 nitrogen and oxygen atoms in total. The van der Waals surface area contributed by atoms with Gasteiger partial charge in [-0.15, -0.1) is 0 Å². The summed E-state index contributed by atoms with van der Waals surface area (Å²) < 4.78 is 38.2. The van der Waals surface area contributed by atoms with Crippen LogP contribution in [0.25, 0.3) is 0 Å². The number of aromatic nitrogens is 1. The van der Waals surface area contributed by atoms with Crippen LogP contribution >= 0.6 is 23.2 Å². The van der Waals surface area contributed by atoms with Gasteiger partial charge < -0.3 is 4.90 Å². The molecule has 1 aromatic rings. The summed E-state index contributed by atoms with van der Waals surface area (Å²) in [6.45, 7) is 2.13. The van der Waals surface area contributed by atoms with Gasteiger partial charge in [-0.2, -0.15) is 13.2 Å². The Balaban J connectivity index is 3.18. The molecule has 0 aliphatic carbocycles. The zero-order valence-electron chi connectivity index (χ0n) is 11.5. The Kier molecular flexibility index (Phi) is 6.28. The molecular weight excluding hydrogens is 328 g/mol. The summed E-state index contributed by atoms with van der Waals surface area (Å²) in [5, 5.41) is -0.0261. The Morgan fingerprint density at radius 1 is 1.33 bits per heavy atom. The SMILES string of the molecule is CCC(CC)N(CC(F)(F)F)C(=O)c1cc(Cl)ncc1Cl. The molecule has 0 aliphatic rings. The van der Waals surface area contributed by atoms with Crippen LogP contribution in [0, 0.1) is 0 Å². The monoisotopic (exact) mass is 342 g/mol. The lowest BCUT2D eigenvalue weighted by Crippen LogP contribution is -2.45. The number of pyridine rings is 1. The summed E-state index contributed by atoms with van der Waals surface area (Å²) in [5.41, 5.74) is -0.0761. The Morgan fingerprint density at radius 3 is 2.38 bits per heavy atom. The number of carbonyl (C=O) groups excluding carboxylic acids is 1. The molecule has 0 atom stereocenters. The topological polar surface area (TPSA) is 33.2 Å². The minimum absolute atomic E-state index is 0.000689. The lowest BCUT2D eigenvalue weighted by molar-refractivity contribution is -0.144. The first-order valence-corrected chi connectivity index (χ1v) is 7.14. The maximum absolute atomic E-state index is 12.7. The zero-order valence-corrected chi connectivity index (χ0v) is 13.1. The highest BCUT2D eigenvalue weighted by Crippen LogP contribution is 2.25. The molecule has 0 radical (unpaired) electrons. The van der Waals surface area contributed by atoms with E-state index in [9.17, 15) is 18.0 Å². The third kappa shape index (κ3) is 5.04. The quantitative estimate of drug-likeness (QED) is 0.733. The lowest BCUT2D eigenvalue weighted by atomic mass is 10.1. The predicted molar refractivity (Wildman–Crippen MR) is 75.7 cm³/mol. The van der Waals surface area contributed by atoms with E-state index >= 15 is 0 Å². The summed E-state index contributed by atoms with van der Waals surface area (Å²) >= 11 is 11.5. The molecule has 0 unspecified atom stereocenters. The molecule has 1 heterocycles. The summed E-state index contributed by atoms with van der Waals surface area (Å²) in [7, 11) is 0. The second-order valence-electron chi connectivity index (χ2n) is 4.51. The highest BCUT2D eigenvalue weighted by atomic mass is 35.5. The van der Waals surface area contributed by atoms with E-state index in [0.29, 0.717) is 12.8 Å². The average Bonchev–Trinajstić information content (AvgIpc) is 2.39. The predicted octanol–water partition coefficient (Wildman–Crippen LogP) is 4.58. The van der Waals surface area contributed by atoms with Gasteiger partial charge in [0.15, 0.2) is 0 Å². The first-order chi connectivity index (χ1) is 9.69. The van der Waals surface area contributed by atoms with Crippen LogP contribution in [-0.2, 0) is 0 Å². The smallest absolute Gasteiger partial charge is 0.327 e. The van der Waals surface area contributed by atoms with Crippen molar-refractivity contribution in [3.8, 4) is 0 Å². The zero-order chi connectivity index (χ0) is 16.2. The van der Waals surface area contributed by atoms with Crippen molar-refractivity contribution in [2.45, 2.75) is 38.9 Å². The molecule has 21 heavy (non-hydrogen) atoms. The first kappa shape index (κ1) is 18.0. The number of carbonyl (C=O) groups is 1. The van der Waals surface area contributed by atoms with Gasteiger partial charge in [0, 0.05) is 12.2 Å². The standard InChI is InChI=1S/C13H15Cl2F3N2O/c1-3-8(4-2)20(7-13(16,17)18)12(21)9-5-11(15)19-6-10(9)14/h5-6,8H,3-4,7H2,1-2H3. The number of amides is 1. The molecule has 1 amide bonds. The molecule has 0 fully saturated rings. The third-order valence-electron chi connectivity index (χ3n) is 3.05. The minimum Gasteiger partial charge on any atom is -0.327 e. The first-order valence-electron chi connectivity index (χ1n) is 6.38. The van der Waals surface area contributed by atoms with Gasteiger partial charge in [-0.3, -0.25) is 4.79 Å². The van der Waals surface area contributed by atoms with Crippen molar-refractivity contribution >= 4 is 29.1 Å². The average molecular weight is 343 g/mol. The number of rotatable bonds is 5. The normalized spacial score (nSPS) is 11.8. The largest absolute Gasteiger partial charge is 0.406 e. The summed E-state index contributed by atoms with van der Waals surface area (Å²) in [6, 6.07) is 0.653. The van der Waals surface area contributed by atoms with Gasteiger partial charge in [0.25, 0.3) is 5.91 Å². The van der Waals surface area contributed by atoms with Crippen LogP contribution in [0.4, 0.5) is 13.2 Å². The molecule has 0 saturated carbocycles. The van der Waals surface area contributed by atoms with E-state index in [1.165, 1.54) is 6.07 Å². The van der Waals surface area contributed by atoms with Crippen molar-refractivity contribution in [1.82, 2.24) is 9.88 Å². The maximum atomic E-state index is 12.7. The van der Waals surface area contributed by atoms with Crippen LogP contribution < -0.4 is 0 Å². The number of hydrogen-bond acceptors (Lipinski definition) is 2. The van der Waals surface area contributed by atoms with E-state index in [-0.39, 0.29) is 15.7 Å². The molecule has 0 aromatic carbocycles. The van der Waals surface area contributed by atoms with E-state index < -0.39 is 24.7 Å². The Morgan fingerprint density at radius 2 is 1.90 bits per heavy atom. The minimum atomic E-state index is -4.48. The molecule has 118 valence electrons. The van der Waals surface area contributed by atoms with E-state index in [1.807, 2.05) is 0 Å². The highest BCUT2D eigenvalue weighted by Gasteiger charge is 2.36. The molecule has 0 aliphatic heterocycles. The van der Waals surface area contributed by atoms with Crippen LogP contribution in [0.15, 0.2) is 12.3 Å². The van der Waals surface area contributed by atoms with Crippen molar-refractivity contribution in [3.05, 3.63) is 28.0 Å². The number of halogens is 5. The maximum Gasteiger partial charge on any atom is 0.406 e. The van der Waals surface area contributed by atoms with Crippen LogP contribution in [0.1, 0.15) is 37.0 Å². The molecule has 0 N–H and O–H groups in total. The van der Waals surface area contributed by atoms with Crippen LogP contribution in [0.3, 0.4) is 0 Å². The van der Waals surface area contributed by atoms with Gasteiger partial charge in [0.05, 0.1) is 10.6 Å².